The molecule has 2 aromatic heterocycles. The molecule has 0 spiro atoms. The predicted molar refractivity (Wildman–Crippen MR) is 65.3 cm³/mol. The summed E-state index contributed by atoms with van der Waals surface area (Å²) in [6.45, 7) is 6.06. The first kappa shape index (κ1) is 13.4. The lowest BCUT2D eigenvalue weighted by atomic mass is 10.3. The Kier molecular flexibility index (Phi) is 4.90. The minimum atomic E-state index is -0.442. The van der Waals surface area contributed by atoms with Crippen LogP contribution in [0.5, 0.6) is 0 Å². The van der Waals surface area contributed by atoms with Crippen LogP contribution in [0.1, 0.15) is 31.1 Å². The Morgan fingerprint density at radius 2 is 2.24 bits per heavy atom. The van der Waals surface area contributed by atoms with Crippen molar-refractivity contribution in [2.75, 3.05) is 6.61 Å². The number of hydrogen-bond acceptors (Lipinski definition) is 4. The van der Waals surface area contributed by atoms with Crippen LogP contribution in [0.15, 0.2) is 18.5 Å². The van der Waals surface area contributed by atoms with E-state index in [4.69, 9.17) is 16.3 Å². The number of carbonyl (C=O) groups excluding carboxylic acids is 1. The molecule has 2 aromatic rings. The van der Waals surface area contributed by atoms with Crippen LogP contribution in [0.4, 0.5) is 0 Å². The van der Waals surface area contributed by atoms with E-state index in [0.29, 0.717) is 23.0 Å². The number of nitrogens with zero attached hydrogens (tertiary/aromatic N) is 3. The Morgan fingerprint density at radius 1 is 1.53 bits per heavy atom. The zero-order chi connectivity index (χ0) is 12.8. The van der Waals surface area contributed by atoms with Crippen molar-refractivity contribution in [1.82, 2.24) is 14.6 Å². The van der Waals surface area contributed by atoms with Crippen molar-refractivity contribution in [3.8, 4) is 0 Å². The fraction of sp³-hybridized carbons (Fsp3) is 0.364. The van der Waals surface area contributed by atoms with Crippen molar-refractivity contribution in [3.63, 3.8) is 0 Å². The lowest BCUT2D eigenvalue weighted by Crippen LogP contribution is -2.04. The molecule has 17 heavy (non-hydrogen) atoms. The first-order chi connectivity index (χ1) is 8.22. The third-order valence-corrected chi connectivity index (χ3v) is 2.04. The SMILES string of the molecule is CC.CCOC(=O)c1cnn2ccc(Cl)nc12. The van der Waals surface area contributed by atoms with Crippen molar-refractivity contribution in [3.05, 3.63) is 29.2 Å². The van der Waals surface area contributed by atoms with Crippen LogP contribution in [0.25, 0.3) is 5.65 Å². The highest BCUT2D eigenvalue weighted by molar-refractivity contribution is 6.29. The third kappa shape index (κ3) is 2.94. The van der Waals surface area contributed by atoms with E-state index in [2.05, 4.69) is 10.1 Å². The first-order valence-electron chi connectivity index (χ1n) is 5.39. The Bertz CT molecular complexity index is 510. The van der Waals surface area contributed by atoms with Gasteiger partial charge in [0.05, 0.1) is 12.8 Å². The van der Waals surface area contributed by atoms with Gasteiger partial charge in [0.2, 0.25) is 0 Å². The first-order valence-corrected chi connectivity index (χ1v) is 5.77. The van der Waals surface area contributed by atoms with Crippen molar-refractivity contribution < 1.29 is 9.53 Å². The maximum absolute atomic E-state index is 11.5. The van der Waals surface area contributed by atoms with Gasteiger partial charge in [0.15, 0.2) is 5.65 Å². The van der Waals surface area contributed by atoms with Gasteiger partial charge in [-0.05, 0) is 13.0 Å². The largest absolute Gasteiger partial charge is 0.462 e. The monoisotopic (exact) mass is 255 g/mol. The van der Waals surface area contributed by atoms with E-state index in [-0.39, 0.29) is 0 Å². The lowest BCUT2D eigenvalue weighted by Gasteiger charge is -1.98. The van der Waals surface area contributed by atoms with E-state index in [0.717, 1.165) is 0 Å². The molecule has 92 valence electrons. The van der Waals surface area contributed by atoms with Crippen molar-refractivity contribution >= 4 is 23.2 Å². The van der Waals surface area contributed by atoms with Crippen LogP contribution in [-0.4, -0.2) is 27.2 Å². The topological polar surface area (TPSA) is 56.5 Å². The molecule has 0 aliphatic carbocycles. The van der Waals surface area contributed by atoms with Crippen LogP contribution < -0.4 is 0 Å². The highest BCUT2D eigenvalue weighted by atomic mass is 35.5. The Hall–Kier alpha value is -1.62. The molecule has 0 saturated heterocycles. The van der Waals surface area contributed by atoms with Gasteiger partial charge in [0.1, 0.15) is 10.7 Å². The fourth-order valence-electron chi connectivity index (χ4n) is 1.20. The summed E-state index contributed by atoms with van der Waals surface area (Å²) in [6.07, 6.45) is 3.05. The number of carbonyl (C=O) groups is 1. The Labute approximate surface area is 104 Å². The summed E-state index contributed by atoms with van der Waals surface area (Å²) in [5.41, 5.74) is 0.723. The zero-order valence-electron chi connectivity index (χ0n) is 9.98. The quantitative estimate of drug-likeness (QED) is 0.611. The van der Waals surface area contributed by atoms with Crippen molar-refractivity contribution in [1.29, 1.82) is 0 Å². The fourth-order valence-corrected chi connectivity index (χ4v) is 1.34. The summed E-state index contributed by atoms with van der Waals surface area (Å²) in [5, 5.41) is 4.27. The molecule has 6 heteroatoms. The summed E-state index contributed by atoms with van der Waals surface area (Å²) in [4.78, 5) is 15.5. The molecule has 0 N–H and O–H groups in total. The molecule has 0 atom stereocenters. The third-order valence-electron chi connectivity index (χ3n) is 1.83. The molecular formula is C11H14ClN3O2. The summed E-state index contributed by atoms with van der Waals surface area (Å²) < 4.78 is 6.33. The molecule has 5 nitrogen and oxygen atoms in total. The smallest absolute Gasteiger partial charge is 0.343 e. The molecule has 0 radical (unpaired) electrons. The van der Waals surface area contributed by atoms with Gasteiger partial charge in [0, 0.05) is 6.20 Å². The molecule has 0 aliphatic heterocycles. The van der Waals surface area contributed by atoms with E-state index >= 15 is 0 Å². The maximum atomic E-state index is 11.5. The number of fused-ring (bicyclic) bond motifs is 1. The number of aromatic nitrogens is 3. The highest BCUT2D eigenvalue weighted by Crippen LogP contribution is 2.12. The second kappa shape index (κ2) is 6.20. The van der Waals surface area contributed by atoms with Gasteiger partial charge in [-0.2, -0.15) is 5.10 Å². The van der Waals surface area contributed by atoms with Gasteiger partial charge >= 0.3 is 5.97 Å². The van der Waals surface area contributed by atoms with E-state index in [1.165, 1.54) is 10.7 Å². The average molecular weight is 256 g/mol. The number of esters is 1. The van der Waals surface area contributed by atoms with E-state index in [1.54, 1.807) is 19.2 Å². The van der Waals surface area contributed by atoms with Crippen LogP contribution >= 0.6 is 11.6 Å². The Balaban J connectivity index is 0.000000686. The summed E-state index contributed by atoms with van der Waals surface area (Å²) in [5.74, 6) is -0.442. The molecule has 2 rings (SSSR count). The number of halogens is 1. The molecule has 0 aromatic carbocycles. The molecule has 2 heterocycles. The van der Waals surface area contributed by atoms with Gasteiger partial charge in [-0.25, -0.2) is 14.3 Å². The second-order valence-corrected chi connectivity index (χ2v) is 3.18. The van der Waals surface area contributed by atoms with E-state index in [1.807, 2.05) is 13.8 Å². The second-order valence-electron chi connectivity index (χ2n) is 2.80. The van der Waals surface area contributed by atoms with Gasteiger partial charge < -0.3 is 4.74 Å². The standard InChI is InChI=1S/C9H8ClN3O2.C2H6/c1-2-15-9(14)6-5-11-13-4-3-7(10)12-8(6)13;1-2/h3-5H,2H2,1H3;1-2H3. The van der Waals surface area contributed by atoms with Gasteiger partial charge in [0.25, 0.3) is 0 Å². The lowest BCUT2D eigenvalue weighted by molar-refractivity contribution is 0.0528. The number of rotatable bonds is 2. The van der Waals surface area contributed by atoms with Gasteiger partial charge in [-0.3, -0.25) is 0 Å². The average Bonchev–Trinajstić information content (AvgIpc) is 2.75. The number of hydrogen-bond donors (Lipinski definition) is 0. The summed E-state index contributed by atoms with van der Waals surface area (Å²) in [7, 11) is 0. The molecular weight excluding hydrogens is 242 g/mol. The van der Waals surface area contributed by atoms with Crippen molar-refractivity contribution in [2.24, 2.45) is 0 Å². The number of ether oxygens (including phenoxy) is 1. The van der Waals surface area contributed by atoms with E-state index < -0.39 is 5.97 Å². The van der Waals surface area contributed by atoms with E-state index in [9.17, 15) is 4.79 Å². The molecule has 0 bridgehead atoms. The Morgan fingerprint density at radius 3 is 2.88 bits per heavy atom. The molecule has 0 unspecified atom stereocenters. The van der Waals surface area contributed by atoms with Gasteiger partial charge in [-0.1, -0.05) is 25.4 Å². The van der Waals surface area contributed by atoms with Crippen LogP contribution in [-0.2, 0) is 4.74 Å². The summed E-state index contributed by atoms with van der Waals surface area (Å²) >= 11 is 5.72. The van der Waals surface area contributed by atoms with Crippen LogP contribution in [0.2, 0.25) is 5.15 Å². The normalized spacial score (nSPS) is 9.65. The summed E-state index contributed by atoms with van der Waals surface area (Å²) in [6, 6.07) is 1.59. The molecule has 0 saturated carbocycles. The minimum Gasteiger partial charge on any atom is -0.462 e. The van der Waals surface area contributed by atoms with Crippen molar-refractivity contribution in [2.45, 2.75) is 20.8 Å². The maximum Gasteiger partial charge on any atom is 0.343 e. The van der Waals surface area contributed by atoms with Crippen LogP contribution in [0, 0.1) is 0 Å². The molecule has 0 amide bonds. The highest BCUT2D eigenvalue weighted by Gasteiger charge is 2.14. The van der Waals surface area contributed by atoms with Crippen LogP contribution in [0.3, 0.4) is 0 Å². The predicted octanol–water partition coefficient (Wildman–Crippen LogP) is 2.59. The minimum absolute atomic E-state index is 0.313. The molecule has 0 fully saturated rings. The molecule has 0 aliphatic rings. The zero-order valence-corrected chi connectivity index (χ0v) is 10.7. The van der Waals surface area contributed by atoms with Gasteiger partial charge in [-0.15, -0.1) is 0 Å².